The Kier molecular flexibility index (Phi) is 2.94. The molecule has 23 heavy (non-hydrogen) atoms. The summed E-state index contributed by atoms with van der Waals surface area (Å²) < 4.78 is 15.3. The molecule has 116 valence electrons. The Labute approximate surface area is 131 Å². The van der Waals surface area contributed by atoms with Crippen LogP contribution in [-0.4, -0.2) is 14.5 Å². The molecule has 0 unspecified atom stereocenters. The van der Waals surface area contributed by atoms with Gasteiger partial charge in [0.2, 0.25) is 0 Å². The van der Waals surface area contributed by atoms with E-state index < -0.39 is 5.69 Å². The molecule has 1 aliphatic carbocycles. The summed E-state index contributed by atoms with van der Waals surface area (Å²) in [4.78, 5) is 20.9. The third kappa shape index (κ3) is 2.18. The van der Waals surface area contributed by atoms with Crippen LogP contribution in [0, 0.1) is 12.7 Å². The van der Waals surface area contributed by atoms with Crippen molar-refractivity contribution in [1.29, 1.82) is 0 Å². The molecule has 0 atom stereocenters. The highest BCUT2D eigenvalue weighted by Gasteiger charge is 2.26. The van der Waals surface area contributed by atoms with Gasteiger partial charge in [-0.25, -0.2) is 18.7 Å². The lowest BCUT2D eigenvalue weighted by molar-refractivity contribution is 0.616. The van der Waals surface area contributed by atoms with E-state index in [1.807, 2.05) is 12.1 Å². The average molecular weight is 310 g/mol. The van der Waals surface area contributed by atoms with Gasteiger partial charge in [0.25, 0.3) is 0 Å². The zero-order valence-electron chi connectivity index (χ0n) is 12.6. The molecule has 2 aromatic heterocycles. The number of benzene rings is 1. The van der Waals surface area contributed by atoms with Gasteiger partial charge in [-0.05, 0) is 44.0 Å². The molecular formula is C17H15FN4O. The maximum absolute atomic E-state index is 13.9. The highest BCUT2D eigenvalue weighted by Crippen LogP contribution is 2.39. The van der Waals surface area contributed by atoms with Crippen molar-refractivity contribution in [2.45, 2.75) is 25.7 Å². The van der Waals surface area contributed by atoms with Gasteiger partial charge in [-0.1, -0.05) is 6.07 Å². The van der Waals surface area contributed by atoms with E-state index in [0.717, 1.165) is 18.5 Å². The maximum atomic E-state index is 13.9. The van der Waals surface area contributed by atoms with Gasteiger partial charge in [-0.3, -0.25) is 0 Å². The number of anilines is 1. The smallest absolute Gasteiger partial charge is 0.355 e. The van der Waals surface area contributed by atoms with Crippen molar-refractivity contribution < 1.29 is 4.39 Å². The number of fused-ring (bicyclic) bond motifs is 1. The first-order chi connectivity index (χ1) is 11.1. The predicted molar refractivity (Wildman–Crippen MR) is 86.2 cm³/mol. The number of nitrogens with two attached hydrogens (primary N) is 1. The summed E-state index contributed by atoms with van der Waals surface area (Å²) in [5.41, 5.74) is 7.50. The summed E-state index contributed by atoms with van der Waals surface area (Å²) >= 11 is 0. The lowest BCUT2D eigenvalue weighted by Crippen LogP contribution is -2.25. The molecular weight excluding hydrogens is 295 g/mol. The van der Waals surface area contributed by atoms with Crippen molar-refractivity contribution in [3.8, 4) is 5.69 Å². The van der Waals surface area contributed by atoms with Crippen LogP contribution in [-0.2, 0) is 0 Å². The van der Waals surface area contributed by atoms with Crippen molar-refractivity contribution in [3.05, 3.63) is 57.9 Å². The molecule has 6 heteroatoms. The number of hydrogen-bond donors (Lipinski definition) is 1. The topological polar surface area (TPSA) is 73.8 Å². The minimum absolute atomic E-state index is 0.144. The van der Waals surface area contributed by atoms with Crippen LogP contribution < -0.4 is 11.4 Å². The van der Waals surface area contributed by atoms with E-state index in [2.05, 4.69) is 9.97 Å². The second-order valence-corrected chi connectivity index (χ2v) is 5.88. The predicted octanol–water partition coefficient (Wildman–Crippen LogP) is 2.69. The molecule has 4 rings (SSSR count). The van der Waals surface area contributed by atoms with E-state index in [1.165, 1.54) is 10.6 Å². The standard InChI is InChI=1S/C17H15FN4O/c1-9-12(18)3-2-4-14(9)22-16-11(15(19)21-17(22)23)7-8-13(20-16)10-5-6-10/h2-4,7-8,10H,5-6H2,1H3,(H2,19,21,23). The van der Waals surface area contributed by atoms with Crippen molar-refractivity contribution in [2.24, 2.45) is 0 Å². The summed E-state index contributed by atoms with van der Waals surface area (Å²) in [7, 11) is 0. The first kappa shape index (κ1) is 13.9. The number of halogens is 1. The van der Waals surface area contributed by atoms with E-state index in [9.17, 15) is 9.18 Å². The number of hydrogen-bond acceptors (Lipinski definition) is 4. The first-order valence-electron chi connectivity index (χ1n) is 7.51. The third-order valence-corrected chi connectivity index (χ3v) is 4.27. The summed E-state index contributed by atoms with van der Waals surface area (Å²) in [6, 6.07) is 8.37. The van der Waals surface area contributed by atoms with Crippen LogP contribution >= 0.6 is 0 Å². The van der Waals surface area contributed by atoms with Gasteiger partial charge >= 0.3 is 5.69 Å². The van der Waals surface area contributed by atoms with Crippen LogP contribution in [0.15, 0.2) is 35.1 Å². The van der Waals surface area contributed by atoms with E-state index in [0.29, 0.717) is 28.2 Å². The minimum Gasteiger partial charge on any atom is -0.383 e. The average Bonchev–Trinajstić information content (AvgIpc) is 3.35. The van der Waals surface area contributed by atoms with Gasteiger partial charge in [0, 0.05) is 17.2 Å². The quantitative estimate of drug-likeness (QED) is 0.790. The Morgan fingerprint density at radius 3 is 2.74 bits per heavy atom. The van der Waals surface area contributed by atoms with Gasteiger partial charge in [-0.2, -0.15) is 4.98 Å². The van der Waals surface area contributed by atoms with Crippen LogP contribution in [0.3, 0.4) is 0 Å². The third-order valence-electron chi connectivity index (χ3n) is 4.27. The van der Waals surface area contributed by atoms with Gasteiger partial charge in [0.1, 0.15) is 11.6 Å². The molecule has 2 heterocycles. The van der Waals surface area contributed by atoms with E-state index in [4.69, 9.17) is 5.73 Å². The highest BCUT2D eigenvalue weighted by molar-refractivity contribution is 5.86. The Bertz CT molecular complexity index is 992. The summed E-state index contributed by atoms with van der Waals surface area (Å²) in [5, 5.41) is 0.595. The summed E-state index contributed by atoms with van der Waals surface area (Å²) in [6.07, 6.45) is 2.20. The van der Waals surface area contributed by atoms with Crippen molar-refractivity contribution >= 4 is 16.9 Å². The lowest BCUT2D eigenvalue weighted by atomic mass is 10.1. The minimum atomic E-state index is -0.552. The fourth-order valence-electron chi connectivity index (χ4n) is 2.80. The molecule has 1 saturated carbocycles. The van der Waals surface area contributed by atoms with Gasteiger partial charge < -0.3 is 5.73 Å². The molecule has 0 aliphatic heterocycles. The molecule has 0 amide bonds. The normalized spacial score (nSPS) is 14.3. The molecule has 1 aliphatic rings. The lowest BCUT2D eigenvalue weighted by Gasteiger charge is -2.13. The van der Waals surface area contributed by atoms with E-state index in [-0.39, 0.29) is 11.6 Å². The Morgan fingerprint density at radius 1 is 1.22 bits per heavy atom. The van der Waals surface area contributed by atoms with Crippen LogP contribution in [0.5, 0.6) is 0 Å². The first-order valence-corrected chi connectivity index (χ1v) is 7.51. The second-order valence-electron chi connectivity index (χ2n) is 5.88. The van der Waals surface area contributed by atoms with Crippen LogP contribution in [0.2, 0.25) is 0 Å². The Hall–Kier alpha value is -2.76. The number of rotatable bonds is 2. The molecule has 0 radical (unpaired) electrons. The largest absolute Gasteiger partial charge is 0.383 e. The molecule has 1 aromatic carbocycles. The van der Waals surface area contributed by atoms with E-state index in [1.54, 1.807) is 19.1 Å². The van der Waals surface area contributed by atoms with Gasteiger partial charge in [0.15, 0.2) is 5.65 Å². The molecule has 0 bridgehead atoms. The van der Waals surface area contributed by atoms with Crippen molar-refractivity contribution in [3.63, 3.8) is 0 Å². The molecule has 2 N–H and O–H groups in total. The maximum Gasteiger partial charge on any atom is 0.355 e. The zero-order valence-corrected chi connectivity index (χ0v) is 12.6. The van der Waals surface area contributed by atoms with Gasteiger partial charge in [0.05, 0.1) is 11.1 Å². The Morgan fingerprint density at radius 2 is 2.00 bits per heavy atom. The SMILES string of the molecule is Cc1c(F)cccc1-n1c(=O)nc(N)c2ccc(C3CC3)nc21. The van der Waals surface area contributed by atoms with Crippen LogP contribution in [0.4, 0.5) is 10.2 Å². The second kappa shape index (κ2) is 4.87. The van der Waals surface area contributed by atoms with Crippen molar-refractivity contribution in [1.82, 2.24) is 14.5 Å². The van der Waals surface area contributed by atoms with Crippen LogP contribution in [0.25, 0.3) is 16.7 Å². The summed E-state index contributed by atoms with van der Waals surface area (Å²) in [5.74, 6) is 0.203. The van der Waals surface area contributed by atoms with E-state index >= 15 is 0 Å². The van der Waals surface area contributed by atoms with Gasteiger partial charge in [-0.15, -0.1) is 0 Å². The zero-order chi connectivity index (χ0) is 16.1. The number of nitrogen functional groups attached to an aromatic ring is 1. The number of nitrogens with zero attached hydrogens (tertiary/aromatic N) is 3. The summed E-state index contributed by atoms with van der Waals surface area (Å²) in [6.45, 7) is 1.63. The monoisotopic (exact) mass is 310 g/mol. The number of aromatic nitrogens is 3. The Balaban J connectivity index is 2.10. The number of pyridine rings is 1. The fourth-order valence-corrected chi connectivity index (χ4v) is 2.80. The molecule has 3 aromatic rings. The molecule has 5 nitrogen and oxygen atoms in total. The highest BCUT2D eigenvalue weighted by atomic mass is 19.1. The van der Waals surface area contributed by atoms with Crippen molar-refractivity contribution in [2.75, 3.05) is 5.73 Å². The molecule has 0 saturated heterocycles. The fraction of sp³-hybridized carbons (Fsp3) is 0.235. The van der Waals surface area contributed by atoms with Crippen LogP contribution in [0.1, 0.15) is 30.0 Å². The molecule has 0 spiro atoms. The molecule has 1 fully saturated rings.